The third kappa shape index (κ3) is 1.43. The molecular formula is C7H10N6. The first-order valence-corrected chi connectivity index (χ1v) is 4.22. The minimum Gasteiger partial charge on any atom is -0.368 e. The highest BCUT2D eigenvalue weighted by Gasteiger charge is 2.15. The first kappa shape index (κ1) is 7.94. The van der Waals surface area contributed by atoms with Crippen LogP contribution in [0.2, 0.25) is 0 Å². The van der Waals surface area contributed by atoms with E-state index >= 15 is 0 Å². The fraction of sp³-hybridized carbons (Fsp3) is 0.571. The van der Waals surface area contributed by atoms with Crippen LogP contribution in [0.4, 0.5) is 5.82 Å². The van der Waals surface area contributed by atoms with Crippen LogP contribution in [-0.2, 0) is 13.0 Å². The van der Waals surface area contributed by atoms with Crippen molar-refractivity contribution >= 4 is 5.82 Å². The van der Waals surface area contributed by atoms with Gasteiger partial charge in [0.1, 0.15) is 0 Å². The lowest BCUT2D eigenvalue weighted by Crippen LogP contribution is -2.11. The standard InChI is InChI=1S/C7H10N6/c8-13-10-4-6-5-2-1-3-9-7(5)12-11-6/h1-4H2,(H2,9,11,12). The fourth-order valence-electron chi connectivity index (χ4n) is 1.52. The van der Waals surface area contributed by atoms with Crippen LogP contribution in [0.5, 0.6) is 0 Å². The number of fused-ring (bicyclic) bond motifs is 1. The average molecular weight is 178 g/mol. The molecule has 0 aliphatic carbocycles. The van der Waals surface area contributed by atoms with E-state index in [0.29, 0.717) is 6.54 Å². The normalized spacial score (nSPS) is 14.2. The summed E-state index contributed by atoms with van der Waals surface area (Å²) in [6.07, 6.45) is 2.12. The average Bonchev–Trinajstić information content (AvgIpc) is 2.58. The molecule has 1 aliphatic heterocycles. The van der Waals surface area contributed by atoms with Gasteiger partial charge in [-0.25, -0.2) is 0 Å². The Bertz CT molecular complexity index is 348. The van der Waals surface area contributed by atoms with Gasteiger partial charge in [0.25, 0.3) is 0 Å². The Morgan fingerprint density at radius 1 is 1.62 bits per heavy atom. The topological polar surface area (TPSA) is 89.5 Å². The van der Waals surface area contributed by atoms with Crippen molar-refractivity contribution in [3.05, 3.63) is 21.7 Å². The van der Waals surface area contributed by atoms with Crippen LogP contribution in [0.3, 0.4) is 0 Å². The van der Waals surface area contributed by atoms with E-state index in [-0.39, 0.29) is 0 Å². The van der Waals surface area contributed by atoms with Crippen molar-refractivity contribution in [1.82, 2.24) is 10.2 Å². The molecule has 6 heteroatoms. The smallest absolute Gasteiger partial charge is 0.151 e. The van der Waals surface area contributed by atoms with E-state index in [1.807, 2.05) is 0 Å². The summed E-state index contributed by atoms with van der Waals surface area (Å²) in [4.78, 5) is 2.72. The quantitative estimate of drug-likeness (QED) is 0.409. The monoisotopic (exact) mass is 178 g/mol. The molecule has 0 amide bonds. The summed E-state index contributed by atoms with van der Waals surface area (Å²) in [7, 11) is 0. The Balaban J connectivity index is 2.26. The molecule has 0 spiro atoms. The molecule has 2 N–H and O–H groups in total. The molecule has 1 aromatic rings. The number of H-pyrrole nitrogens is 1. The van der Waals surface area contributed by atoms with Gasteiger partial charge in [0.15, 0.2) is 5.82 Å². The maximum absolute atomic E-state index is 8.18. The summed E-state index contributed by atoms with van der Waals surface area (Å²) in [5.41, 5.74) is 10.3. The van der Waals surface area contributed by atoms with Crippen molar-refractivity contribution in [3.8, 4) is 0 Å². The number of aromatic nitrogens is 2. The number of anilines is 1. The van der Waals surface area contributed by atoms with Gasteiger partial charge in [0.2, 0.25) is 0 Å². The molecule has 68 valence electrons. The second-order valence-electron chi connectivity index (χ2n) is 2.95. The van der Waals surface area contributed by atoms with Crippen molar-refractivity contribution in [2.75, 3.05) is 11.9 Å². The van der Waals surface area contributed by atoms with Crippen LogP contribution >= 0.6 is 0 Å². The van der Waals surface area contributed by atoms with Crippen molar-refractivity contribution in [2.45, 2.75) is 19.4 Å². The summed E-state index contributed by atoms with van der Waals surface area (Å²) in [6.45, 7) is 1.33. The van der Waals surface area contributed by atoms with Crippen LogP contribution in [0.15, 0.2) is 5.11 Å². The first-order chi connectivity index (χ1) is 6.42. The molecule has 2 rings (SSSR count). The second kappa shape index (κ2) is 3.37. The van der Waals surface area contributed by atoms with Crippen LogP contribution in [0.25, 0.3) is 10.4 Å². The molecule has 13 heavy (non-hydrogen) atoms. The zero-order valence-corrected chi connectivity index (χ0v) is 7.12. The number of nitrogens with one attached hydrogen (secondary N) is 2. The van der Waals surface area contributed by atoms with E-state index in [9.17, 15) is 0 Å². The Kier molecular flexibility index (Phi) is 2.06. The van der Waals surface area contributed by atoms with Gasteiger partial charge in [-0.1, -0.05) is 5.11 Å². The zero-order chi connectivity index (χ0) is 9.10. The molecule has 6 nitrogen and oxygen atoms in total. The summed E-state index contributed by atoms with van der Waals surface area (Å²) < 4.78 is 0. The minimum absolute atomic E-state index is 0.362. The van der Waals surface area contributed by atoms with Gasteiger partial charge in [-0.2, -0.15) is 5.10 Å². The van der Waals surface area contributed by atoms with Crippen LogP contribution < -0.4 is 5.32 Å². The number of nitrogens with zero attached hydrogens (tertiary/aromatic N) is 4. The van der Waals surface area contributed by atoms with Crippen molar-refractivity contribution in [2.24, 2.45) is 5.11 Å². The first-order valence-electron chi connectivity index (χ1n) is 4.22. The van der Waals surface area contributed by atoms with Gasteiger partial charge in [-0.05, 0) is 18.4 Å². The van der Waals surface area contributed by atoms with E-state index in [1.54, 1.807) is 0 Å². The third-order valence-electron chi connectivity index (χ3n) is 2.14. The van der Waals surface area contributed by atoms with Gasteiger partial charge in [0.05, 0.1) is 6.54 Å². The molecule has 0 unspecified atom stereocenters. The van der Waals surface area contributed by atoms with Gasteiger partial charge in [0, 0.05) is 22.7 Å². The van der Waals surface area contributed by atoms with Crippen molar-refractivity contribution < 1.29 is 0 Å². The van der Waals surface area contributed by atoms with E-state index in [2.05, 4.69) is 25.5 Å². The Hall–Kier alpha value is -1.68. The van der Waals surface area contributed by atoms with E-state index in [1.165, 1.54) is 5.56 Å². The number of rotatable bonds is 2. The predicted molar refractivity (Wildman–Crippen MR) is 48.2 cm³/mol. The van der Waals surface area contributed by atoms with Crippen molar-refractivity contribution in [3.63, 3.8) is 0 Å². The summed E-state index contributed by atoms with van der Waals surface area (Å²) in [6, 6.07) is 0. The Morgan fingerprint density at radius 2 is 2.54 bits per heavy atom. The highest BCUT2D eigenvalue weighted by molar-refractivity contribution is 5.48. The molecule has 0 fully saturated rings. The summed E-state index contributed by atoms with van der Waals surface area (Å²) in [5.74, 6) is 0.911. The lowest BCUT2D eigenvalue weighted by atomic mass is 10.1. The van der Waals surface area contributed by atoms with Crippen molar-refractivity contribution in [1.29, 1.82) is 0 Å². The van der Waals surface area contributed by atoms with E-state index in [4.69, 9.17) is 5.53 Å². The fourth-order valence-corrected chi connectivity index (χ4v) is 1.52. The van der Waals surface area contributed by atoms with E-state index in [0.717, 1.165) is 30.9 Å². The van der Waals surface area contributed by atoms with Gasteiger partial charge in [-0.3, -0.25) is 5.10 Å². The minimum atomic E-state index is 0.362. The summed E-state index contributed by atoms with van der Waals surface area (Å²) >= 11 is 0. The number of aromatic amines is 1. The number of hydrogen-bond donors (Lipinski definition) is 2. The zero-order valence-electron chi connectivity index (χ0n) is 7.12. The lowest BCUT2D eigenvalue weighted by Gasteiger charge is -2.12. The Labute approximate surface area is 75.0 Å². The summed E-state index contributed by atoms with van der Waals surface area (Å²) in [5, 5.41) is 13.7. The van der Waals surface area contributed by atoms with Crippen LogP contribution in [-0.4, -0.2) is 16.7 Å². The van der Waals surface area contributed by atoms with E-state index < -0.39 is 0 Å². The highest BCUT2D eigenvalue weighted by Crippen LogP contribution is 2.22. The molecule has 0 saturated carbocycles. The highest BCUT2D eigenvalue weighted by atomic mass is 15.2. The maximum atomic E-state index is 8.18. The molecule has 0 saturated heterocycles. The largest absolute Gasteiger partial charge is 0.368 e. The lowest BCUT2D eigenvalue weighted by molar-refractivity contribution is 0.815. The predicted octanol–water partition coefficient (Wildman–Crippen LogP) is 1.58. The second-order valence-corrected chi connectivity index (χ2v) is 2.95. The van der Waals surface area contributed by atoms with Crippen LogP contribution in [0, 0.1) is 0 Å². The third-order valence-corrected chi connectivity index (χ3v) is 2.14. The number of azide groups is 1. The molecule has 0 aromatic carbocycles. The van der Waals surface area contributed by atoms with Gasteiger partial charge >= 0.3 is 0 Å². The molecule has 1 aliphatic rings. The van der Waals surface area contributed by atoms with Gasteiger partial charge in [-0.15, -0.1) is 0 Å². The SMILES string of the molecule is [N-]=[N+]=NCc1[nH]nc2c1CCCN2. The van der Waals surface area contributed by atoms with Crippen LogP contribution in [0.1, 0.15) is 17.7 Å². The molecule has 2 heterocycles. The number of hydrogen-bond acceptors (Lipinski definition) is 3. The molecule has 1 aromatic heterocycles. The van der Waals surface area contributed by atoms with Gasteiger partial charge < -0.3 is 5.32 Å². The Morgan fingerprint density at radius 3 is 3.38 bits per heavy atom. The molecular weight excluding hydrogens is 168 g/mol. The molecule has 0 bridgehead atoms. The maximum Gasteiger partial charge on any atom is 0.151 e. The molecule has 0 atom stereocenters. The molecule has 0 radical (unpaired) electrons.